The van der Waals surface area contributed by atoms with Crippen LogP contribution >= 0.6 is 11.8 Å². The second-order valence-corrected chi connectivity index (χ2v) is 7.68. The molecule has 0 spiro atoms. The summed E-state index contributed by atoms with van der Waals surface area (Å²) in [6.45, 7) is 8.73. The van der Waals surface area contributed by atoms with Crippen LogP contribution < -0.4 is 10.1 Å². The highest BCUT2D eigenvalue weighted by atomic mass is 32.2. The zero-order valence-electron chi connectivity index (χ0n) is 17.3. The number of hydrogen-bond acceptors (Lipinski definition) is 5. The van der Waals surface area contributed by atoms with Gasteiger partial charge in [-0.2, -0.15) is 0 Å². The summed E-state index contributed by atoms with van der Waals surface area (Å²) in [5.74, 6) is 1.63. The van der Waals surface area contributed by atoms with Gasteiger partial charge in [0.15, 0.2) is 11.0 Å². The first-order valence-electron chi connectivity index (χ1n) is 9.83. The van der Waals surface area contributed by atoms with Gasteiger partial charge in [0.2, 0.25) is 5.91 Å². The number of allylic oxidation sites excluding steroid dienone is 1. The van der Waals surface area contributed by atoms with Crippen molar-refractivity contribution >= 4 is 23.4 Å². The number of para-hydroxylation sites is 1. The van der Waals surface area contributed by atoms with E-state index in [0.29, 0.717) is 24.1 Å². The van der Waals surface area contributed by atoms with Gasteiger partial charge >= 0.3 is 0 Å². The summed E-state index contributed by atoms with van der Waals surface area (Å²) >= 11 is 1.34. The molecular formula is C23H26N4O2S. The maximum Gasteiger partial charge on any atom is 0.234 e. The van der Waals surface area contributed by atoms with Crippen LogP contribution in [0.15, 0.2) is 66.3 Å². The van der Waals surface area contributed by atoms with Crippen molar-refractivity contribution < 1.29 is 9.53 Å². The number of thioether (sulfide) groups is 1. The Morgan fingerprint density at radius 1 is 1.20 bits per heavy atom. The van der Waals surface area contributed by atoms with Crippen molar-refractivity contribution in [3.8, 4) is 5.75 Å². The number of rotatable bonds is 10. The van der Waals surface area contributed by atoms with Crippen LogP contribution in [0.5, 0.6) is 5.75 Å². The SMILES string of the molecule is C=CCn1c(COc2ccc(CC)cc2)nnc1SCC(=O)Nc1ccccc1C. The van der Waals surface area contributed by atoms with Gasteiger partial charge < -0.3 is 10.1 Å². The maximum absolute atomic E-state index is 12.3. The number of ether oxygens (including phenoxy) is 1. The van der Waals surface area contributed by atoms with Crippen molar-refractivity contribution in [3.63, 3.8) is 0 Å². The van der Waals surface area contributed by atoms with Gasteiger partial charge in [-0.15, -0.1) is 16.8 Å². The molecule has 0 saturated carbocycles. The van der Waals surface area contributed by atoms with E-state index in [9.17, 15) is 4.79 Å². The summed E-state index contributed by atoms with van der Waals surface area (Å²) < 4.78 is 7.78. The molecule has 0 aliphatic heterocycles. The minimum absolute atomic E-state index is 0.0868. The van der Waals surface area contributed by atoms with Gasteiger partial charge in [-0.3, -0.25) is 9.36 Å². The molecular weight excluding hydrogens is 396 g/mol. The fraction of sp³-hybridized carbons (Fsp3) is 0.261. The summed E-state index contributed by atoms with van der Waals surface area (Å²) in [4.78, 5) is 12.3. The molecule has 1 aromatic heterocycles. The molecule has 30 heavy (non-hydrogen) atoms. The third kappa shape index (κ3) is 5.73. The molecule has 0 unspecified atom stereocenters. The fourth-order valence-electron chi connectivity index (χ4n) is 2.84. The zero-order chi connectivity index (χ0) is 21.3. The zero-order valence-corrected chi connectivity index (χ0v) is 18.1. The maximum atomic E-state index is 12.3. The van der Waals surface area contributed by atoms with E-state index in [2.05, 4.69) is 41.1 Å². The number of carbonyl (C=O) groups is 1. The number of carbonyl (C=O) groups excluding carboxylic acids is 1. The fourth-order valence-corrected chi connectivity index (χ4v) is 3.61. The lowest BCUT2D eigenvalue weighted by Crippen LogP contribution is -2.15. The van der Waals surface area contributed by atoms with Crippen molar-refractivity contribution in [2.45, 2.75) is 38.6 Å². The number of benzene rings is 2. The second kappa shape index (κ2) is 10.6. The normalized spacial score (nSPS) is 10.6. The van der Waals surface area contributed by atoms with Crippen molar-refractivity contribution in [3.05, 3.63) is 78.1 Å². The standard InChI is InChI=1S/C23H26N4O2S/c1-4-14-27-21(15-29-19-12-10-18(5-2)11-13-19)25-26-23(27)30-16-22(28)24-20-9-7-6-8-17(20)3/h4,6-13H,1,5,14-16H2,2-3H3,(H,24,28). The topological polar surface area (TPSA) is 69.0 Å². The number of anilines is 1. The lowest BCUT2D eigenvalue weighted by atomic mass is 10.2. The van der Waals surface area contributed by atoms with Crippen LogP contribution in [0.2, 0.25) is 0 Å². The molecule has 6 nitrogen and oxygen atoms in total. The van der Waals surface area contributed by atoms with Crippen LogP contribution in [0.1, 0.15) is 23.9 Å². The van der Waals surface area contributed by atoms with E-state index in [1.165, 1.54) is 17.3 Å². The van der Waals surface area contributed by atoms with Gasteiger partial charge in [0.1, 0.15) is 12.4 Å². The first-order valence-corrected chi connectivity index (χ1v) is 10.8. The number of nitrogens with one attached hydrogen (secondary N) is 1. The van der Waals surface area contributed by atoms with Gasteiger partial charge in [0.05, 0.1) is 5.75 Å². The molecule has 1 amide bonds. The Balaban J connectivity index is 1.61. The number of hydrogen-bond donors (Lipinski definition) is 1. The van der Waals surface area contributed by atoms with E-state index >= 15 is 0 Å². The minimum atomic E-state index is -0.0868. The number of aromatic nitrogens is 3. The van der Waals surface area contributed by atoms with Crippen LogP contribution in [0.4, 0.5) is 5.69 Å². The predicted octanol–water partition coefficient (Wildman–Crippen LogP) is 4.64. The van der Waals surface area contributed by atoms with Crippen LogP contribution in [-0.2, 0) is 24.4 Å². The molecule has 2 aromatic carbocycles. The van der Waals surface area contributed by atoms with Crippen LogP contribution in [0.3, 0.4) is 0 Å². The second-order valence-electron chi connectivity index (χ2n) is 6.74. The van der Waals surface area contributed by atoms with Crippen molar-refractivity contribution in [1.29, 1.82) is 0 Å². The van der Waals surface area contributed by atoms with E-state index in [0.717, 1.165) is 23.4 Å². The van der Waals surface area contributed by atoms with Crippen LogP contribution in [0.25, 0.3) is 0 Å². The molecule has 156 valence electrons. The molecule has 0 atom stereocenters. The van der Waals surface area contributed by atoms with Crippen molar-refractivity contribution in [2.75, 3.05) is 11.1 Å². The Hall–Kier alpha value is -3.06. The highest BCUT2D eigenvalue weighted by Gasteiger charge is 2.14. The molecule has 7 heteroatoms. The van der Waals surface area contributed by atoms with Crippen LogP contribution in [-0.4, -0.2) is 26.4 Å². The van der Waals surface area contributed by atoms with E-state index in [1.807, 2.05) is 47.9 Å². The van der Waals surface area contributed by atoms with Crippen molar-refractivity contribution in [1.82, 2.24) is 14.8 Å². The molecule has 0 bridgehead atoms. The lowest BCUT2D eigenvalue weighted by molar-refractivity contribution is -0.113. The molecule has 3 aromatic rings. The highest BCUT2D eigenvalue weighted by molar-refractivity contribution is 7.99. The summed E-state index contributed by atoms with van der Waals surface area (Å²) in [6, 6.07) is 15.7. The third-order valence-electron chi connectivity index (χ3n) is 4.56. The highest BCUT2D eigenvalue weighted by Crippen LogP contribution is 2.20. The predicted molar refractivity (Wildman–Crippen MR) is 121 cm³/mol. The first kappa shape index (κ1) is 21.6. The first-order chi connectivity index (χ1) is 14.6. The summed E-state index contributed by atoms with van der Waals surface area (Å²) in [6.07, 6.45) is 2.77. The average Bonchev–Trinajstić information content (AvgIpc) is 3.14. The molecule has 1 heterocycles. The molecule has 0 aliphatic carbocycles. The molecule has 0 fully saturated rings. The van der Waals surface area contributed by atoms with Gasteiger partial charge in [-0.25, -0.2) is 0 Å². The number of aryl methyl sites for hydroxylation is 2. The quantitative estimate of drug-likeness (QED) is 0.381. The Bertz CT molecular complexity index is 999. The smallest absolute Gasteiger partial charge is 0.234 e. The molecule has 3 rings (SSSR count). The van der Waals surface area contributed by atoms with Gasteiger partial charge in [-0.1, -0.05) is 55.1 Å². The molecule has 0 radical (unpaired) electrons. The van der Waals surface area contributed by atoms with E-state index in [4.69, 9.17) is 4.74 Å². The van der Waals surface area contributed by atoms with Gasteiger partial charge in [-0.05, 0) is 42.7 Å². The minimum Gasteiger partial charge on any atom is -0.486 e. The van der Waals surface area contributed by atoms with E-state index in [1.54, 1.807) is 6.08 Å². The number of nitrogens with zero attached hydrogens (tertiary/aromatic N) is 3. The van der Waals surface area contributed by atoms with E-state index < -0.39 is 0 Å². The molecule has 1 N–H and O–H groups in total. The Labute approximate surface area is 181 Å². The average molecular weight is 423 g/mol. The van der Waals surface area contributed by atoms with Gasteiger partial charge in [0.25, 0.3) is 0 Å². The summed E-state index contributed by atoms with van der Waals surface area (Å²) in [5.41, 5.74) is 3.11. The number of amides is 1. The molecule has 0 saturated heterocycles. The summed E-state index contributed by atoms with van der Waals surface area (Å²) in [5, 5.41) is 12.1. The Kier molecular flexibility index (Phi) is 7.68. The van der Waals surface area contributed by atoms with E-state index in [-0.39, 0.29) is 11.7 Å². The third-order valence-corrected chi connectivity index (χ3v) is 5.52. The molecule has 0 aliphatic rings. The Morgan fingerprint density at radius 3 is 2.67 bits per heavy atom. The van der Waals surface area contributed by atoms with Crippen LogP contribution in [0, 0.1) is 6.92 Å². The van der Waals surface area contributed by atoms with Crippen molar-refractivity contribution in [2.24, 2.45) is 0 Å². The Morgan fingerprint density at radius 2 is 1.97 bits per heavy atom. The van der Waals surface area contributed by atoms with Gasteiger partial charge in [0, 0.05) is 12.2 Å². The lowest BCUT2D eigenvalue weighted by Gasteiger charge is -2.10. The monoisotopic (exact) mass is 422 g/mol. The largest absolute Gasteiger partial charge is 0.486 e. The summed E-state index contributed by atoms with van der Waals surface area (Å²) in [7, 11) is 0.